The van der Waals surface area contributed by atoms with Crippen LogP contribution >= 0.6 is 0 Å². The minimum absolute atomic E-state index is 0.199. The second-order valence-electron chi connectivity index (χ2n) is 7.70. The van der Waals surface area contributed by atoms with Crippen molar-refractivity contribution in [1.29, 1.82) is 0 Å². The Morgan fingerprint density at radius 2 is 2.00 bits per heavy atom. The highest BCUT2D eigenvalue weighted by Gasteiger charge is 2.51. The van der Waals surface area contributed by atoms with Crippen molar-refractivity contribution in [3.8, 4) is 0 Å². The highest BCUT2D eigenvalue weighted by atomic mass is 16.6. The number of rotatable bonds is 11. The van der Waals surface area contributed by atoms with Crippen LogP contribution in [0.1, 0.15) is 65.2 Å². The number of oxime groups is 1. The van der Waals surface area contributed by atoms with Crippen LogP contribution in [-0.2, 0) is 9.63 Å². The van der Waals surface area contributed by atoms with Crippen LogP contribution in [0.3, 0.4) is 0 Å². The lowest BCUT2D eigenvalue weighted by Gasteiger charge is -2.33. The Hall–Kier alpha value is -1.14. The maximum absolute atomic E-state index is 10.4. The number of hydrogen-bond donors (Lipinski definition) is 3. The van der Waals surface area contributed by atoms with E-state index in [1.807, 2.05) is 0 Å². The lowest BCUT2D eigenvalue weighted by molar-refractivity contribution is -0.142. The molecule has 2 aliphatic carbocycles. The molecule has 2 rings (SSSR count). The third-order valence-corrected chi connectivity index (χ3v) is 6.17. The monoisotopic (exact) mass is 355 g/mol. The molecule has 0 heterocycles. The van der Waals surface area contributed by atoms with Crippen LogP contribution in [0.15, 0.2) is 5.16 Å². The van der Waals surface area contributed by atoms with E-state index in [1.54, 1.807) is 0 Å². The van der Waals surface area contributed by atoms with Gasteiger partial charge in [-0.05, 0) is 56.3 Å². The fourth-order valence-electron chi connectivity index (χ4n) is 4.35. The number of carboxylic acids is 1. The molecule has 5 unspecified atom stereocenters. The Kier molecular flexibility index (Phi) is 7.69. The van der Waals surface area contributed by atoms with Crippen LogP contribution in [-0.4, -0.2) is 45.8 Å². The maximum Gasteiger partial charge on any atom is 0.344 e. The van der Waals surface area contributed by atoms with E-state index in [0.717, 1.165) is 37.8 Å². The van der Waals surface area contributed by atoms with Gasteiger partial charge in [0.2, 0.25) is 6.61 Å². The van der Waals surface area contributed by atoms with Gasteiger partial charge in [-0.1, -0.05) is 31.8 Å². The molecule has 0 radical (unpaired) electrons. The van der Waals surface area contributed by atoms with Gasteiger partial charge in [0, 0.05) is 5.92 Å². The second kappa shape index (κ2) is 9.53. The number of aliphatic hydroxyl groups excluding tert-OH is 2. The van der Waals surface area contributed by atoms with Crippen molar-refractivity contribution in [1.82, 2.24) is 0 Å². The van der Waals surface area contributed by atoms with Crippen LogP contribution in [0.2, 0.25) is 0 Å². The minimum Gasteiger partial charge on any atom is -0.479 e. The van der Waals surface area contributed by atoms with E-state index in [9.17, 15) is 15.0 Å². The van der Waals surface area contributed by atoms with Gasteiger partial charge in [0.25, 0.3) is 0 Å². The van der Waals surface area contributed by atoms with Gasteiger partial charge in [0.1, 0.15) is 0 Å². The summed E-state index contributed by atoms with van der Waals surface area (Å²) in [4.78, 5) is 15.3. The molecular formula is C19H33NO5. The first-order valence-electron chi connectivity index (χ1n) is 9.72. The van der Waals surface area contributed by atoms with Crippen LogP contribution in [0.5, 0.6) is 0 Å². The molecule has 0 aromatic carbocycles. The van der Waals surface area contributed by atoms with E-state index < -0.39 is 12.6 Å². The summed E-state index contributed by atoms with van der Waals surface area (Å²) in [6.07, 6.45) is 6.76. The first kappa shape index (κ1) is 20.2. The molecular weight excluding hydrogens is 322 g/mol. The molecule has 2 saturated carbocycles. The molecule has 0 spiro atoms. The highest BCUT2D eigenvalue weighted by molar-refractivity contribution is 5.93. The summed E-state index contributed by atoms with van der Waals surface area (Å²) < 4.78 is 0. The molecule has 5 atom stereocenters. The molecule has 3 N–H and O–H groups in total. The number of nitrogens with zero attached hydrogens (tertiary/aromatic N) is 1. The fourth-order valence-corrected chi connectivity index (χ4v) is 4.35. The van der Waals surface area contributed by atoms with Crippen LogP contribution in [0, 0.1) is 23.7 Å². The van der Waals surface area contributed by atoms with Crippen molar-refractivity contribution in [2.75, 3.05) is 6.61 Å². The normalized spacial score (nSPS) is 31.0. The Balaban J connectivity index is 1.71. The van der Waals surface area contributed by atoms with E-state index in [-0.39, 0.29) is 30.0 Å². The Morgan fingerprint density at radius 1 is 1.28 bits per heavy atom. The molecule has 0 saturated heterocycles. The van der Waals surface area contributed by atoms with Gasteiger partial charge < -0.3 is 20.2 Å². The van der Waals surface area contributed by atoms with Gasteiger partial charge in [-0.15, -0.1) is 0 Å². The zero-order valence-electron chi connectivity index (χ0n) is 15.4. The molecule has 2 fully saturated rings. The van der Waals surface area contributed by atoms with Crippen LogP contribution in [0.4, 0.5) is 0 Å². The van der Waals surface area contributed by atoms with Crippen molar-refractivity contribution in [3.63, 3.8) is 0 Å². The quantitative estimate of drug-likeness (QED) is 0.495. The number of carboxylic acid groups (broad SMARTS) is 1. The number of hydrogen-bond acceptors (Lipinski definition) is 5. The number of fused-ring (bicyclic) bond motifs is 1. The lowest BCUT2D eigenvalue weighted by Crippen LogP contribution is -2.38. The van der Waals surface area contributed by atoms with Crippen LogP contribution < -0.4 is 0 Å². The van der Waals surface area contributed by atoms with E-state index in [2.05, 4.69) is 19.0 Å². The Labute approximate surface area is 150 Å². The van der Waals surface area contributed by atoms with E-state index in [1.165, 1.54) is 12.8 Å². The Morgan fingerprint density at radius 3 is 2.64 bits per heavy atom. The van der Waals surface area contributed by atoms with Gasteiger partial charge in [0.05, 0.1) is 17.9 Å². The predicted molar refractivity (Wildman–Crippen MR) is 95.3 cm³/mol. The first-order valence-corrected chi connectivity index (χ1v) is 9.72. The molecule has 0 bridgehead atoms. The number of aliphatic carboxylic acids is 1. The number of carbonyl (C=O) groups is 1. The summed E-state index contributed by atoms with van der Waals surface area (Å²) in [5.74, 6) is 0.304. The highest BCUT2D eigenvalue weighted by Crippen LogP contribution is 2.49. The molecule has 6 nitrogen and oxygen atoms in total. The third kappa shape index (κ3) is 5.42. The SMILES string of the molecule is CCC(CC)CCC(O)CCC1CC2C(=NOCC(=O)O)CC2C1O. The summed E-state index contributed by atoms with van der Waals surface area (Å²) in [5.41, 5.74) is 0.877. The van der Waals surface area contributed by atoms with Crippen molar-refractivity contribution in [3.05, 3.63) is 0 Å². The predicted octanol–water partition coefficient (Wildman–Crippen LogP) is 2.82. The summed E-state index contributed by atoms with van der Waals surface area (Å²) in [6.45, 7) is 3.98. The largest absolute Gasteiger partial charge is 0.479 e. The molecule has 0 aliphatic heterocycles. The lowest BCUT2D eigenvalue weighted by atomic mass is 9.73. The molecule has 0 amide bonds. The van der Waals surface area contributed by atoms with E-state index >= 15 is 0 Å². The molecule has 25 heavy (non-hydrogen) atoms. The van der Waals surface area contributed by atoms with Gasteiger partial charge in [-0.2, -0.15) is 0 Å². The smallest absolute Gasteiger partial charge is 0.344 e. The standard InChI is InChI=1S/C19H33NO5/c1-3-12(4-2)5-7-14(21)8-6-13-9-15-16(19(13)24)10-17(15)20-25-11-18(22)23/h12-16,19,21,24H,3-11H2,1-2H3,(H,22,23). The van der Waals surface area contributed by atoms with Crippen LogP contribution in [0.25, 0.3) is 0 Å². The summed E-state index contributed by atoms with van der Waals surface area (Å²) in [7, 11) is 0. The summed E-state index contributed by atoms with van der Waals surface area (Å²) in [5, 5.41) is 33.1. The maximum atomic E-state index is 10.4. The molecule has 0 aromatic rings. The molecule has 144 valence electrons. The van der Waals surface area contributed by atoms with Crippen molar-refractivity contribution < 1.29 is 25.0 Å². The third-order valence-electron chi connectivity index (χ3n) is 6.17. The average Bonchev–Trinajstić information content (AvgIpc) is 2.81. The minimum atomic E-state index is -1.04. The zero-order chi connectivity index (χ0) is 18.4. The van der Waals surface area contributed by atoms with Gasteiger partial charge in [-0.3, -0.25) is 0 Å². The van der Waals surface area contributed by atoms with Crippen molar-refractivity contribution in [2.24, 2.45) is 28.8 Å². The molecule has 0 aromatic heterocycles. The molecule has 2 aliphatic rings. The fraction of sp³-hybridized carbons (Fsp3) is 0.895. The van der Waals surface area contributed by atoms with Gasteiger partial charge in [0.15, 0.2) is 0 Å². The summed E-state index contributed by atoms with van der Waals surface area (Å²) in [6, 6.07) is 0. The van der Waals surface area contributed by atoms with E-state index in [0.29, 0.717) is 12.3 Å². The second-order valence-corrected chi connectivity index (χ2v) is 7.70. The van der Waals surface area contributed by atoms with Crippen molar-refractivity contribution in [2.45, 2.75) is 77.4 Å². The van der Waals surface area contributed by atoms with Gasteiger partial charge >= 0.3 is 5.97 Å². The zero-order valence-corrected chi connectivity index (χ0v) is 15.4. The molecule has 6 heteroatoms. The van der Waals surface area contributed by atoms with Crippen molar-refractivity contribution >= 4 is 11.7 Å². The van der Waals surface area contributed by atoms with Gasteiger partial charge in [-0.25, -0.2) is 4.79 Å². The number of aliphatic hydroxyl groups is 2. The first-order chi connectivity index (χ1) is 12.0. The topological polar surface area (TPSA) is 99.4 Å². The van der Waals surface area contributed by atoms with E-state index in [4.69, 9.17) is 9.94 Å². The Bertz CT molecular complexity index is 463. The summed E-state index contributed by atoms with van der Waals surface area (Å²) >= 11 is 0. The average molecular weight is 355 g/mol.